The molecule has 0 amide bonds. The molecule has 27 heavy (non-hydrogen) atoms. The molecule has 0 unspecified atom stereocenters. The van der Waals surface area contributed by atoms with E-state index in [1.807, 2.05) is 12.1 Å². The standard InChI is InChI=1S/C19H21ClN4O3/c20-12-8-6-11(7-9-12)14-10-15(23-22-14)16-17(25)21-19(27)24(18(16)26)13-4-2-1-3-5-13/h6-9,13-14,22,26H,1-5,10H2,(H,21,25,27)/t14-/m1/s1. The average molecular weight is 389 g/mol. The third-order valence-electron chi connectivity index (χ3n) is 5.37. The normalized spacial score (nSPS) is 20.3. The van der Waals surface area contributed by atoms with E-state index < -0.39 is 11.2 Å². The number of hydrazone groups is 1. The molecule has 0 saturated heterocycles. The van der Waals surface area contributed by atoms with Gasteiger partial charge in [-0.3, -0.25) is 14.3 Å². The molecule has 1 atom stereocenters. The molecule has 1 aliphatic carbocycles. The first-order valence-corrected chi connectivity index (χ1v) is 9.58. The van der Waals surface area contributed by atoms with Gasteiger partial charge in [-0.2, -0.15) is 5.10 Å². The number of aromatic hydroxyl groups is 1. The lowest BCUT2D eigenvalue weighted by molar-refractivity contribution is 0.298. The van der Waals surface area contributed by atoms with Gasteiger partial charge in [0.1, 0.15) is 5.56 Å². The highest BCUT2D eigenvalue weighted by Gasteiger charge is 2.29. The number of nitrogens with zero attached hydrogens (tertiary/aromatic N) is 2. The number of hydrogen-bond donors (Lipinski definition) is 3. The van der Waals surface area contributed by atoms with Crippen LogP contribution in [0.3, 0.4) is 0 Å². The summed E-state index contributed by atoms with van der Waals surface area (Å²) in [6, 6.07) is 7.17. The van der Waals surface area contributed by atoms with Crippen molar-refractivity contribution in [3.8, 4) is 5.88 Å². The van der Waals surface area contributed by atoms with Gasteiger partial charge in [0.2, 0.25) is 5.88 Å². The van der Waals surface area contributed by atoms with Crippen LogP contribution in [-0.2, 0) is 0 Å². The molecule has 4 rings (SSSR count). The number of aromatic nitrogens is 2. The summed E-state index contributed by atoms with van der Waals surface area (Å²) in [4.78, 5) is 27.1. The smallest absolute Gasteiger partial charge is 0.331 e. The van der Waals surface area contributed by atoms with Crippen molar-refractivity contribution in [3.63, 3.8) is 0 Å². The van der Waals surface area contributed by atoms with E-state index in [4.69, 9.17) is 11.6 Å². The molecule has 0 radical (unpaired) electrons. The van der Waals surface area contributed by atoms with E-state index in [2.05, 4.69) is 15.5 Å². The van der Waals surface area contributed by atoms with Crippen molar-refractivity contribution in [2.24, 2.45) is 5.10 Å². The number of hydrogen-bond acceptors (Lipinski definition) is 5. The summed E-state index contributed by atoms with van der Waals surface area (Å²) >= 11 is 5.93. The van der Waals surface area contributed by atoms with Gasteiger partial charge in [-0.15, -0.1) is 0 Å². The molecule has 2 aromatic rings. The van der Waals surface area contributed by atoms with E-state index in [0.717, 1.165) is 37.7 Å². The van der Waals surface area contributed by atoms with Crippen LogP contribution in [0.4, 0.5) is 0 Å². The number of halogens is 1. The molecular weight excluding hydrogens is 368 g/mol. The molecule has 0 bridgehead atoms. The van der Waals surface area contributed by atoms with E-state index in [1.54, 1.807) is 12.1 Å². The lowest BCUT2D eigenvalue weighted by Gasteiger charge is -2.25. The number of benzene rings is 1. The Labute approximate surface area is 160 Å². The van der Waals surface area contributed by atoms with Gasteiger partial charge in [-0.1, -0.05) is 43.0 Å². The Morgan fingerprint density at radius 1 is 1.11 bits per heavy atom. The maximum Gasteiger partial charge on any atom is 0.331 e. The Morgan fingerprint density at radius 3 is 2.52 bits per heavy atom. The molecule has 8 heteroatoms. The van der Waals surface area contributed by atoms with Crippen molar-refractivity contribution in [1.29, 1.82) is 0 Å². The first kappa shape index (κ1) is 17.9. The van der Waals surface area contributed by atoms with Crippen LogP contribution in [0.2, 0.25) is 5.02 Å². The lowest BCUT2D eigenvalue weighted by atomic mass is 9.95. The van der Waals surface area contributed by atoms with Crippen LogP contribution < -0.4 is 16.7 Å². The molecule has 142 valence electrons. The molecule has 1 fully saturated rings. The van der Waals surface area contributed by atoms with Crippen molar-refractivity contribution < 1.29 is 5.11 Å². The van der Waals surface area contributed by atoms with E-state index in [-0.39, 0.29) is 23.5 Å². The largest absolute Gasteiger partial charge is 0.494 e. The van der Waals surface area contributed by atoms with Gasteiger partial charge in [-0.05, 0) is 30.5 Å². The first-order chi connectivity index (χ1) is 13.0. The van der Waals surface area contributed by atoms with Gasteiger partial charge in [0.25, 0.3) is 5.56 Å². The fourth-order valence-electron chi connectivity index (χ4n) is 3.96. The van der Waals surface area contributed by atoms with E-state index in [0.29, 0.717) is 17.2 Å². The Bertz CT molecular complexity index is 987. The zero-order chi connectivity index (χ0) is 19.0. The van der Waals surface area contributed by atoms with Crippen LogP contribution in [0, 0.1) is 0 Å². The van der Waals surface area contributed by atoms with Gasteiger partial charge in [0, 0.05) is 17.5 Å². The fourth-order valence-corrected chi connectivity index (χ4v) is 4.09. The van der Waals surface area contributed by atoms with Crippen LogP contribution in [-0.4, -0.2) is 20.4 Å². The van der Waals surface area contributed by atoms with Crippen molar-refractivity contribution in [2.75, 3.05) is 0 Å². The van der Waals surface area contributed by atoms with Crippen molar-refractivity contribution in [3.05, 3.63) is 61.3 Å². The number of H-pyrrole nitrogens is 1. The molecule has 1 aromatic carbocycles. The van der Waals surface area contributed by atoms with Gasteiger partial charge in [0.15, 0.2) is 0 Å². The zero-order valence-corrected chi connectivity index (χ0v) is 15.5. The van der Waals surface area contributed by atoms with Crippen molar-refractivity contribution >= 4 is 17.3 Å². The fraction of sp³-hybridized carbons (Fsp3) is 0.421. The minimum absolute atomic E-state index is 0.0733. The number of nitrogens with one attached hydrogen (secondary N) is 2. The Kier molecular flexibility index (Phi) is 4.78. The third-order valence-corrected chi connectivity index (χ3v) is 5.62. The number of aromatic amines is 1. The maximum atomic E-state index is 12.4. The summed E-state index contributed by atoms with van der Waals surface area (Å²) in [7, 11) is 0. The summed E-state index contributed by atoms with van der Waals surface area (Å²) in [5, 5.41) is 15.7. The summed E-state index contributed by atoms with van der Waals surface area (Å²) in [6.07, 6.45) is 5.20. The molecule has 1 saturated carbocycles. The minimum atomic E-state index is -0.609. The van der Waals surface area contributed by atoms with Gasteiger partial charge in [-0.25, -0.2) is 4.79 Å². The van der Waals surface area contributed by atoms with Crippen LogP contribution in [0.15, 0.2) is 39.0 Å². The average Bonchev–Trinajstić information content (AvgIpc) is 3.12. The van der Waals surface area contributed by atoms with E-state index >= 15 is 0 Å². The van der Waals surface area contributed by atoms with Crippen molar-refractivity contribution in [2.45, 2.75) is 50.6 Å². The lowest BCUT2D eigenvalue weighted by Crippen LogP contribution is -2.36. The van der Waals surface area contributed by atoms with E-state index in [1.165, 1.54) is 4.57 Å². The molecule has 1 aliphatic heterocycles. The Balaban J connectivity index is 1.67. The summed E-state index contributed by atoms with van der Waals surface area (Å²) in [5.74, 6) is -0.284. The van der Waals surface area contributed by atoms with Crippen LogP contribution in [0.1, 0.15) is 61.7 Å². The van der Waals surface area contributed by atoms with Crippen LogP contribution >= 0.6 is 11.6 Å². The third kappa shape index (κ3) is 3.39. The van der Waals surface area contributed by atoms with Gasteiger partial charge >= 0.3 is 5.69 Å². The highest BCUT2D eigenvalue weighted by atomic mass is 35.5. The molecule has 7 nitrogen and oxygen atoms in total. The molecule has 2 aliphatic rings. The highest BCUT2D eigenvalue weighted by Crippen LogP contribution is 2.32. The van der Waals surface area contributed by atoms with Crippen LogP contribution in [0.25, 0.3) is 0 Å². The minimum Gasteiger partial charge on any atom is -0.494 e. The highest BCUT2D eigenvalue weighted by molar-refractivity contribution is 6.30. The Hall–Kier alpha value is -2.54. The molecular formula is C19H21ClN4O3. The molecule has 1 aromatic heterocycles. The predicted molar refractivity (Wildman–Crippen MR) is 104 cm³/mol. The summed E-state index contributed by atoms with van der Waals surface area (Å²) < 4.78 is 1.33. The van der Waals surface area contributed by atoms with Crippen LogP contribution in [0.5, 0.6) is 5.88 Å². The Morgan fingerprint density at radius 2 is 1.81 bits per heavy atom. The summed E-state index contributed by atoms with van der Waals surface area (Å²) in [6.45, 7) is 0. The maximum absolute atomic E-state index is 12.4. The predicted octanol–water partition coefficient (Wildman–Crippen LogP) is 2.84. The second-order valence-electron chi connectivity index (χ2n) is 7.12. The molecule has 2 heterocycles. The van der Waals surface area contributed by atoms with Crippen molar-refractivity contribution in [1.82, 2.24) is 15.0 Å². The molecule has 3 N–H and O–H groups in total. The monoisotopic (exact) mass is 388 g/mol. The van der Waals surface area contributed by atoms with E-state index in [9.17, 15) is 14.7 Å². The number of rotatable bonds is 3. The van der Waals surface area contributed by atoms with Gasteiger partial charge < -0.3 is 10.5 Å². The summed E-state index contributed by atoms with van der Waals surface area (Å²) in [5.41, 5.74) is 3.33. The second kappa shape index (κ2) is 7.23. The molecule has 0 spiro atoms. The topological polar surface area (TPSA) is 99.5 Å². The first-order valence-electron chi connectivity index (χ1n) is 9.20. The second-order valence-corrected chi connectivity index (χ2v) is 7.55. The quantitative estimate of drug-likeness (QED) is 0.752. The zero-order valence-electron chi connectivity index (χ0n) is 14.7. The SMILES string of the molecule is O=c1[nH]c(=O)n(C2CCCCC2)c(O)c1C1=NN[C@@H](c2ccc(Cl)cc2)C1. The van der Waals surface area contributed by atoms with Gasteiger partial charge in [0.05, 0.1) is 11.8 Å².